The fraction of sp³-hybridized carbons (Fsp3) is 0.333. The monoisotopic (exact) mass is 341 g/mol. The average Bonchev–Trinajstić information content (AvgIpc) is 2.87. The van der Waals surface area contributed by atoms with Crippen LogP contribution in [0.5, 0.6) is 0 Å². The number of nitrogens with one attached hydrogen (secondary N) is 2. The SMILES string of the molecule is CC(=O)Nc1ncc(S(=O)(=O)Nc2ncncc2C(C)C)s1. The maximum atomic E-state index is 12.4. The molecule has 0 aliphatic rings. The van der Waals surface area contributed by atoms with E-state index in [1.165, 1.54) is 19.4 Å². The number of amides is 1. The molecule has 0 aromatic carbocycles. The Bertz CT molecular complexity index is 786. The minimum absolute atomic E-state index is 0.00966. The van der Waals surface area contributed by atoms with Gasteiger partial charge in [0.25, 0.3) is 10.0 Å². The Balaban J connectivity index is 2.28. The van der Waals surface area contributed by atoms with E-state index in [1.54, 1.807) is 6.20 Å². The standard InChI is InChI=1S/C12H15N5O3S2/c1-7(2)9-4-13-6-15-11(9)17-22(19,20)10-5-14-12(21-10)16-8(3)18/h4-7H,1-3H3,(H,13,15,17)(H,14,16,18). The van der Waals surface area contributed by atoms with Crippen LogP contribution in [0.4, 0.5) is 10.9 Å². The van der Waals surface area contributed by atoms with E-state index in [0.717, 1.165) is 11.3 Å². The lowest BCUT2D eigenvalue weighted by molar-refractivity contribution is -0.114. The van der Waals surface area contributed by atoms with E-state index in [9.17, 15) is 13.2 Å². The second kappa shape index (κ2) is 6.36. The minimum atomic E-state index is -3.82. The molecule has 0 fully saturated rings. The fourth-order valence-electron chi connectivity index (χ4n) is 1.62. The summed E-state index contributed by atoms with van der Waals surface area (Å²) in [5, 5.41) is 2.66. The molecule has 0 aliphatic heterocycles. The maximum absolute atomic E-state index is 12.4. The third kappa shape index (κ3) is 3.77. The highest BCUT2D eigenvalue weighted by molar-refractivity contribution is 7.94. The first-order valence-electron chi connectivity index (χ1n) is 6.35. The second-order valence-corrected chi connectivity index (χ2v) is 7.69. The molecule has 10 heteroatoms. The number of sulfonamides is 1. The van der Waals surface area contributed by atoms with Crippen molar-refractivity contribution in [2.75, 3.05) is 10.0 Å². The largest absolute Gasteiger partial charge is 0.302 e. The first-order valence-corrected chi connectivity index (χ1v) is 8.65. The molecule has 0 saturated heterocycles. The number of hydrogen-bond donors (Lipinski definition) is 2. The molecule has 0 saturated carbocycles. The predicted octanol–water partition coefficient (Wildman–Crippen LogP) is 1.82. The zero-order valence-corrected chi connectivity index (χ0v) is 13.8. The molecule has 0 bridgehead atoms. The van der Waals surface area contributed by atoms with Crippen LogP contribution in [-0.2, 0) is 14.8 Å². The van der Waals surface area contributed by atoms with Crippen LogP contribution in [0.15, 0.2) is 22.9 Å². The second-order valence-electron chi connectivity index (χ2n) is 4.75. The molecule has 2 aromatic rings. The predicted molar refractivity (Wildman–Crippen MR) is 83.3 cm³/mol. The summed E-state index contributed by atoms with van der Waals surface area (Å²) in [6.45, 7) is 5.15. The van der Waals surface area contributed by atoms with Crippen LogP contribution < -0.4 is 10.0 Å². The molecular weight excluding hydrogens is 326 g/mol. The van der Waals surface area contributed by atoms with Crippen LogP contribution in [0.25, 0.3) is 0 Å². The van der Waals surface area contributed by atoms with Crippen molar-refractivity contribution in [3.63, 3.8) is 0 Å². The van der Waals surface area contributed by atoms with E-state index in [0.29, 0.717) is 5.56 Å². The van der Waals surface area contributed by atoms with Crippen LogP contribution in [0.1, 0.15) is 32.3 Å². The molecule has 2 aromatic heterocycles. The summed E-state index contributed by atoms with van der Waals surface area (Å²) >= 11 is 0.865. The maximum Gasteiger partial charge on any atom is 0.274 e. The molecule has 2 heterocycles. The molecule has 2 N–H and O–H groups in total. The van der Waals surface area contributed by atoms with Gasteiger partial charge in [-0.05, 0) is 5.92 Å². The van der Waals surface area contributed by atoms with E-state index in [1.807, 2.05) is 13.8 Å². The van der Waals surface area contributed by atoms with E-state index in [-0.39, 0.29) is 27.0 Å². The number of thiazole rings is 1. The Morgan fingerprint density at radius 2 is 2.00 bits per heavy atom. The lowest BCUT2D eigenvalue weighted by Crippen LogP contribution is -2.15. The van der Waals surface area contributed by atoms with Crippen LogP contribution in [0.3, 0.4) is 0 Å². The number of rotatable bonds is 5. The van der Waals surface area contributed by atoms with Gasteiger partial charge in [0.15, 0.2) is 9.34 Å². The molecule has 8 nitrogen and oxygen atoms in total. The zero-order valence-electron chi connectivity index (χ0n) is 12.2. The number of aromatic nitrogens is 3. The third-order valence-corrected chi connectivity index (χ3v) is 5.34. The van der Waals surface area contributed by atoms with Crippen molar-refractivity contribution in [2.45, 2.75) is 30.9 Å². The van der Waals surface area contributed by atoms with Gasteiger partial charge in [-0.15, -0.1) is 0 Å². The Labute approximate surface area is 132 Å². The third-order valence-electron chi connectivity index (χ3n) is 2.63. The number of hydrogen-bond acceptors (Lipinski definition) is 7. The summed E-state index contributed by atoms with van der Waals surface area (Å²) in [5.74, 6) is -0.0149. The van der Waals surface area contributed by atoms with Crippen molar-refractivity contribution in [3.8, 4) is 0 Å². The summed E-state index contributed by atoms with van der Waals surface area (Å²) < 4.78 is 27.1. The van der Waals surface area contributed by atoms with Gasteiger partial charge < -0.3 is 5.32 Å². The zero-order chi connectivity index (χ0) is 16.3. The van der Waals surface area contributed by atoms with Gasteiger partial charge in [-0.2, -0.15) is 0 Å². The minimum Gasteiger partial charge on any atom is -0.302 e. The molecular formula is C12H15N5O3S2. The average molecular weight is 341 g/mol. The highest BCUT2D eigenvalue weighted by atomic mass is 32.2. The lowest BCUT2D eigenvalue weighted by Gasteiger charge is -2.11. The topological polar surface area (TPSA) is 114 Å². The molecule has 2 rings (SSSR count). The fourth-order valence-corrected chi connectivity index (χ4v) is 3.73. The number of anilines is 2. The van der Waals surface area contributed by atoms with Crippen LogP contribution in [-0.4, -0.2) is 29.3 Å². The molecule has 22 heavy (non-hydrogen) atoms. The summed E-state index contributed by atoms with van der Waals surface area (Å²) in [4.78, 5) is 22.7. The highest BCUT2D eigenvalue weighted by Gasteiger charge is 2.21. The van der Waals surface area contributed by atoms with Gasteiger partial charge in [0.05, 0.1) is 6.20 Å². The van der Waals surface area contributed by atoms with E-state index in [2.05, 4.69) is 25.0 Å². The summed E-state index contributed by atoms with van der Waals surface area (Å²) in [5.41, 5.74) is 0.692. The molecule has 0 radical (unpaired) electrons. The van der Waals surface area contributed by atoms with Crippen molar-refractivity contribution < 1.29 is 13.2 Å². The number of carbonyl (C=O) groups is 1. The normalized spacial score (nSPS) is 11.5. The van der Waals surface area contributed by atoms with Crippen molar-refractivity contribution >= 4 is 38.2 Å². The summed E-state index contributed by atoms with van der Waals surface area (Å²) in [6.07, 6.45) is 4.04. The van der Waals surface area contributed by atoms with Crippen LogP contribution in [0.2, 0.25) is 0 Å². The Kier molecular flexibility index (Phi) is 4.71. The first kappa shape index (κ1) is 16.3. The Morgan fingerprint density at radius 3 is 2.64 bits per heavy atom. The van der Waals surface area contributed by atoms with Gasteiger partial charge in [-0.3, -0.25) is 9.52 Å². The van der Waals surface area contributed by atoms with E-state index < -0.39 is 10.0 Å². The Hall–Kier alpha value is -2.07. The van der Waals surface area contributed by atoms with Crippen LogP contribution >= 0.6 is 11.3 Å². The van der Waals surface area contributed by atoms with Gasteiger partial charge in [-0.1, -0.05) is 25.2 Å². The number of carbonyl (C=O) groups excluding carboxylic acids is 1. The first-order chi connectivity index (χ1) is 10.3. The summed E-state index contributed by atoms with van der Waals surface area (Å²) in [7, 11) is -3.82. The van der Waals surface area contributed by atoms with E-state index >= 15 is 0 Å². The molecule has 118 valence electrons. The van der Waals surface area contributed by atoms with Crippen molar-refractivity contribution in [3.05, 3.63) is 24.3 Å². The molecule has 0 unspecified atom stereocenters. The van der Waals surface area contributed by atoms with Gasteiger partial charge in [0.1, 0.15) is 12.1 Å². The molecule has 0 aliphatic carbocycles. The quantitative estimate of drug-likeness (QED) is 0.857. The van der Waals surface area contributed by atoms with Crippen molar-refractivity contribution in [1.82, 2.24) is 15.0 Å². The molecule has 1 amide bonds. The Morgan fingerprint density at radius 1 is 1.27 bits per heavy atom. The molecule has 0 atom stereocenters. The van der Waals surface area contributed by atoms with Gasteiger partial charge >= 0.3 is 0 Å². The van der Waals surface area contributed by atoms with Gasteiger partial charge in [0.2, 0.25) is 5.91 Å². The van der Waals surface area contributed by atoms with Crippen molar-refractivity contribution in [2.24, 2.45) is 0 Å². The number of nitrogens with zero attached hydrogens (tertiary/aromatic N) is 3. The summed E-state index contributed by atoms with van der Waals surface area (Å²) in [6, 6.07) is 0. The smallest absolute Gasteiger partial charge is 0.274 e. The lowest BCUT2D eigenvalue weighted by atomic mass is 10.1. The van der Waals surface area contributed by atoms with Crippen molar-refractivity contribution in [1.29, 1.82) is 0 Å². The highest BCUT2D eigenvalue weighted by Crippen LogP contribution is 2.27. The van der Waals surface area contributed by atoms with Crippen LogP contribution in [0, 0.1) is 0 Å². The van der Waals surface area contributed by atoms with E-state index in [4.69, 9.17) is 0 Å². The van der Waals surface area contributed by atoms with Gasteiger partial charge in [-0.25, -0.2) is 23.4 Å². The van der Waals surface area contributed by atoms with Gasteiger partial charge in [0, 0.05) is 18.7 Å². The molecule has 0 spiro atoms.